The maximum absolute atomic E-state index is 12.3. The van der Waals surface area contributed by atoms with E-state index in [-0.39, 0.29) is 12.8 Å². The summed E-state index contributed by atoms with van der Waals surface area (Å²) >= 11 is 7.03. The lowest BCUT2D eigenvalue weighted by Gasteiger charge is -2.12. The molecule has 1 aromatic heterocycles. The number of methoxy groups -OCH3 is 1. The van der Waals surface area contributed by atoms with Gasteiger partial charge in [-0.25, -0.2) is 4.79 Å². The molecular formula is C19H20N2O4S2. The number of aryl methyl sites for hydroxylation is 1. The Morgan fingerprint density at radius 3 is 2.93 bits per heavy atom. The molecule has 0 bridgehead atoms. The zero-order valence-electron chi connectivity index (χ0n) is 14.9. The number of thiophene rings is 1. The third-order valence-electron chi connectivity index (χ3n) is 4.68. The van der Waals surface area contributed by atoms with Gasteiger partial charge in [0.25, 0.3) is 0 Å². The van der Waals surface area contributed by atoms with E-state index in [0.29, 0.717) is 17.2 Å². The summed E-state index contributed by atoms with van der Waals surface area (Å²) in [5.41, 5.74) is 2.77. The fourth-order valence-electron chi connectivity index (χ4n) is 3.35. The molecule has 0 atom stereocenters. The van der Waals surface area contributed by atoms with Gasteiger partial charge in [0, 0.05) is 11.4 Å². The van der Waals surface area contributed by atoms with Gasteiger partial charge in [-0.3, -0.25) is 0 Å². The predicted octanol–water partition coefficient (Wildman–Crippen LogP) is 3.63. The van der Waals surface area contributed by atoms with E-state index in [4.69, 9.17) is 26.4 Å². The van der Waals surface area contributed by atoms with E-state index in [2.05, 4.69) is 10.6 Å². The predicted molar refractivity (Wildman–Crippen MR) is 108 cm³/mol. The van der Waals surface area contributed by atoms with Gasteiger partial charge >= 0.3 is 5.97 Å². The Balaban J connectivity index is 1.45. The Morgan fingerprint density at radius 2 is 2.07 bits per heavy atom. The lowest BCUT2D eigenvalue weighted by molar-refractivity contribution is 0.0601. The summed E-state index contributed by atoms with van der Waals surface area (Å²) in [6.07, 6.45) is 4.17. The normalized spacial score (nSPS) is 14.4. The minimum Gasteiger partial charge on any atom is -0.465 e. The first-order valence-electron chi connectivity index (χ1n) is 8.82. The second kappa shape index (κ2) is 7.74. The Bertz CT molecular complexity index is 894. The molecule has 2 aromatic rings. The number of hydrogen-bond donors (Lipinski definition) is 2. The number of esters is 1. The zero-order valence-corrected chi connectivity index (χ0v) is 16.6. The quantitative estimate of drug-likeness (QED) is 0.596. The third kappa shape index (κ3) is 3.72. The smallest absolute Gasteiger partial charge is 0.341 e. The van der Waals surface area contributed by atoms with Gasteiger partial charge in [0.05, 0.1) is 12.7 Å². The third-order valence-corrected chi connectivity index (χ3v) is 6.13. The molecule has 0 saturated heterocycles. The van der Waals surface area contributed by atoms with Gasteiger partial charge in [0.15, 0.2) is 16.6 Å². The summed E-state index contributed by atoms with van der Waals surface area (Å²) in [5, 5.41) is 7.60. The van der Waals surface area contributed by atoms with Crippen molar-refractivity contribution in [3.63, 3.8) is 0 Å². The molecule has 1 aliphatic heterocycles. The second-order valence-corrected chi connectivity index (χ2v) is 7.92. The van der Waals surface area contributed by atoms with Crippen molar-refractivity contribution in [2.24, 2.45) is 0 Å². The molecule has 2 heterocycles. The monoisotopic (exact) mass is 404 g/mol. The highest BCUT2D eigenvalue weighted by Gasteiger charge is 2.26. The Morgan fingerprint density at radius 1 is 1.26 bits per heavy atom. The summed E-state index contributed by atoms with van der Waals surface area (Å²) in [6.45, 7) is 0.798. The number of rotatable bonds is 4. The van der Waals surface area contributed by atoms with Crippen LogP contribution in [0.5, 0.6) is 11.5 Å². The number of fused-ring (bicyclic) bond motifs is 2. The van der Waals surface area contributed by atoms with Crippen molar-refractivity contribution >= 4 is 39.6 Å². The number of benzene rings is 1. The van der Waals surface area contributed by atoms with E-state index >= 15 is 0 Å². The standard InChI is InChI=1S/C19H20N2O4S2/c1-23-18(22)16-12-4-2-3-5-15(12)27-17(16)21-19(26)20-9-11-6-7-13-14(8-11)25-10-24-13/h6-8H,2-5,9-10H2,1H3,(H2,20,21,26). The van der Waals surface area contributed by atoms with E-state index in [9.17, 15) is 4.79 Å². The number of anilines is 1. The molecule has 0 saturated carbocycles. The van der Waals surface area contributed by atoms with E-state index in [1.54, 1.807) is 11.3 Å². The van der Waals surface area contributed by atoms with Crippen molar-refractivity contribution in [3.05, 3.63) is 39.8 Å². The molecule has 0 amide bonds. The fourth-order valence-corrected chi connectivity index (χ4v) is 4.87. The first-order valence-corrected chi connectivity index (χ1v) is 10.0. The zero-order chi connectivity index (χ0) is 18.8. The van der Waals surface area contributed by atoms with Crippen LogP contribution in [0.15, 0.2) is 18.2 Å². The van der Waals surface area contributed by atoms with Crippen molar-refractivity contribution < 1.29 is 19.0 Å². The number of thiocarbonyl (C=S) groups is 1. The summed E-state index contributed by atoms with van der Waals surface area (Å²) in [5.74, 6) is 1.19. The molecule has 2 aliphatic rings. The molecule has 0 unspecified atom stereocenters. The molecule has 2 N–H and O–H groups in total. The first kappa shape index (κ1) is 18.1. The van der Waals surface area contributed by atoms with Crippen LogP contribution in [0.4, 0.5) is 5.00 Å². The molecule has 0 spiro atoms. The average Bonchev–Trinajstić information content (AvgIpc) is 3.29. The van der Waals surface area contributed by atoms with Crippen molar-refractivity contribution in [3.8, 4) is 11.5 Å². The van der Waals surface area contributed by atoms with Gasteiger partial charge in [-0.2, -0.15) is 0 Å². The molecule has 8 heteroatoms. The Kier molecular flexibility index (Phi) is 5.18. The highest BCUT2D eigenvalue weighted by Crippen LogP contribution is 2.38. The van der Waals surface area contributed by atoms with E-state index in [1.165, 1.54) is 12.0 Å². The van der Waals surface area contributed by atoms with Crippen LogP contribution in [0.1, 0.15) is 39.2 Å². The molecule has 6 nitrogen and oxygen atoms in total. The molecule has 142 valence electrons. The van der Waals surface area contributed by atoms with Crippen LogP contribution >= 0.6 is 23.6 Å². The average molecular weight is 405 g/mol. The number of carbonyl (C=O) groups excluding carboxylic acids is 1. The van der Waals surface area contributed by atoms with Gasteiger partial charge in [-0.1, -0.05) is 6.07 Å². The van der Waals surface area contributed by atoms with Crippen LogP contribution in [-0.4, -0.2) is 25.0 Å². The SMILES string of the molecule is COC(=O)c1c(NC(=S)NCc2ccc3c(c2)OCO3)sc2c1CCCC2. The summed E-state index contributed by atoms with van der Waals surface area (Å²) in [4.78, 5) is 13.5. The number of nitrogens with one attached hydrogen (secondary N) is 2. The number of carbonyl (C=O) groups is 1. The highest BCUT2D eigenvalue weighted by molar-refractivity contribution is 7.80. The Hall–Kier alpha value is -2.32. The van der Waals surface area contributed by atoms with Gasteiger partial charge in [-0.15, -0.1) is 11.3 Å². The Labute approximate surface area is 166 Å². The van der Waals surface area contributed by atoms with Gasteiger partial charge in [0.2, 0.25) is 6.79 Å². The molecule has 1 aliphatic carbocycles. The maximum atomic E-state index is 12.3. The van der Waals surface area contributed by atoms with E-state index in [0.717, 1.165) is 53.3 Å². The first-order chi connectivity index (χ1) is 13.2. The summed E-state index contributed by atoms with van der Waals surface area (Å²) in [7, 11) is 1.41. The van der Waals surface area contributed by atoms with Crippen LogP contribution in [0.25, 0.3) is 0 Å². The maximum Gasteiger partial charge on any atom is 0.341 e. The minimum atomic E-state index is -0.310. The van der Waals surface area contributed by atoms with Crippen LogP contribution in [0, 0.1) is 0 Å². The van der Waals surface area contributed by atoms with Crippen LogP contribution in [-0.2, 0) is 24.1 Å². The lowest BCUT2D eigenvalue weighted by atomic mass is 9.95. The van der Waals surface area contributed by atoms with E-state index < -0.39 is 0 Å². The second-order valence-electron chi connectivity index (χ2n) is 6.40. The van der Waals surface area contributed by atoms with Crippen LogP contribution < -0.4 is 20.1 Å². The van der Waals surface area contributed by atoms with E-state index in [1.807, 2.05) is 18.2 Å². The topological polar surface area (TPSA) is 68.8 Å². The molecule has 0 fully saturated rings. The molecule has 27 heavy (non-hydrogen) atoms. The van der Waals surface area contributed by atoms with Crippen molar-refractivity contribution in [2.75, 3.05) is 19.2 Å². The lowest BCUT2D eigenvalue weighted by Crippen LogP contribution is -2.28. The minimum absolute atomic E-state index is 0.255. The van der Waals surface area contributed by atoms with Gasteiger partial charge in [0.1, 0.15) is 5.00 Å². The molecule has 4 rings (SSSR count). The van der Waals surface area contributed by atoms with Crippen LogP contribution in [0.2, 0.25) is 0 Å². The van der Waals surface area contributed by atoms with Gasteiger partial charge < -0.3 is 24.8 Å². The number of ether oxygens (including phenoxy) is 3. The van der Waals surface area contributed by atoms with Crippen molar-refractivity contribution in [1.82, 2.24) is 5.32 Å². The number of hydrogen-bond acceptors (Lipinski definition) is 6. The summed E-state index contributed by atoms with van der Waals surface area (Å²) in [6, 6.07) is 5.78. The van der Waals surface area contributed by atoms with Crippen LogP contribution in [0.3, 0.4) is 0 Å². The highest BCUT2D eigenvalue weighted by atomic mass is 32.1. The van der Waals surface area contributed by atoms with Crippen molar-refractivity contribution in [2.45, 2.75) is 32.2 Å². The summed E-state index contributed by atoms with van der Waals surface area (Å²) < 4.78 is 15.7. The fraction of sp³-hybridized carbons (Fsp3) is 0.368. The van der Waals surface area contributed by atoms with Gasteiger partial charge in [-0.05, 0) is 61.2 Å². The molecular weight excluding hydrogens is 384 g/mol. The molecule has 0 radical (unpaired) electrons. The molecule has 1 aromatic carbocycles. The largest absolute Gasteiger partial charge is 0.465 e. The van der Waals surface area contributed by atoms with Crippen molar-refractivity contribution in [1.29, 1.82) is 0 Å².